The largest absolute Gasteiger partial charge is 0.469 e. The van der Waals surface area contributed by atoms with Crippen LogP contribution in [0.4, 0.5) is 16.2 Å². The lowest BCUT2D eigenvalue weighted by molar-refractivity contribution is -0.141. The minimum Gasteiger partial charge on any atom is -0.469 e. The lowest BCUT2D eigenvalue weighted by Gasteiger charge is -2.19. The van der Waals surface area contributed by atoms with Gasteiger partial charge in [0.15, 0.2) is 0 Å². The molecule has 0 bridgehead atoms. The summed E-state index contributed by atoms with van der Waals surface area (Å²) in [4.78, 5) is 36.0. The molecule has 2 aromatic carbocycles. The van der Waals surface area contributed by atoms with Gasteiger partial charge in [-0.15, -0.1) is 23.5 Å². The normalized spacial score (nSPS) is 10.7. The highest BCUT2D eigenvalue weighted by Gasteiger charge is 2.16. The number of anilines is 2. The molecule has 0 unspecified atom stereocenters. The molecule has 0 aliphatic carbocycles. The highest BCUT2D eigenvalue weighted by Crippen LogP contribution is 2.23. The van der Waals surface area contributed by atoms with Crippen LogP contribution in [-0.2, 0) is 23.8 Å². The number of esters is 2. The summed E-state index contributed by atoms with van der Waals surface area (Å²) in [6.07, 6.45) is 9.14. The number of unbranched alkanes of at least 4 members (excludes halogenated alkanes) is 6. The van der Waals surface area contributed by atoms with Gasteiger partial charge in [-0.3, -0.25) is 14.9 Å². The summed E-state index contributed by atoms with van der Waals surface area (Å²) in [5, 5.41) is 2.72. The van der Waals surface area contributed by atoms with Gasteiger partial charge in [-0.25, -0.2) is 4.79 Å². The smallest absolute Gasteiger partial charge is 0.412 e. The molecule has 0 heterocycles. The van der Waals surface area contributed by atoms with Crippen molar-refractivity contribution in [2.24, 2.45) is 0 Å². The summed E-state index contributed by atoms with van der Waals surface area (Å²) in [7, 11) is 2.86. The second kappa shape index (κ2) is 22.7. The Hall–Kier alpha value is -2.85. The first kappa shape index (κ1) is 38.2. The second-order valence-corrected chi connectivity index (χ2v) is 13.2. The number of carbonyl (C=O) groups excluding carboxylic acids is 3. The van der Waals surface area contributed by atoms with Crippen molar-refractivity contribution >= 4 is 52.9 Å². The molecule has 0 radical (unpaired) electrons. The van der Waals surface area contributed by atoms with Crippen molar-refractivity contribution in [3.63, 3.8) is 0 Å². The van der Waals surface area contributed by atoms with Gasteiger partial charge in [0.25, 0.3) is 0 Å². The average molecular weight is 635 g/mol. The third-order valence-corrected chi connectivity index (χ3v) is 8.12. The number of nitrogens with two attached hydrogens (primary N) is 1. The monoisotopic (exact) mass is 634 g/mol. The maximum absolute atomic E-state index is 11.7. The van der Waals surface area contributed by atoms with E-state index in [1.165, 1.54) is 36.9 Å². The van der Waals surface area contributed by atoms with E-state index < -0.39 is 11.7 Å². The third-order valence-electron chi connectivity index (χ3n) is 5.92. The Morgan fingerprint density at radius 1 is 0.674 bits per heavy atom. The number of ether oxygens (including phenoxy) is 3. The molecule has 2 aromatic rings. The van der Waals surface area contributed by atoms with Crippen molar-refractivity contribution in [2.45, 2.75) is 100 Å². The number of amides is 1. The summed E-state index contributed by atoms with van der Waals surface area (Å²) >= 11 is 3.64. The van der Waals surface area contributed by atoms with Gasteiger partial charge >= 0.3 is 18.0 Å². The van der Waals surface area contributed by atoms with Crippen molar-refractivity contribution in [1.82, 2.24) is 0 Å². The Balaban J connectivity index is 0.000000453. The molecule has 0 spiro atoms. The van der Waals surface area contributed by atoms with E-state index in [0.717, 1.165) is 61.4 Å². The van der Waals surface area contributed by atoms with Gasteiger partial charge in [0.2, 0.25) is 0 Å². The predicted molar refractivity (Wildman–Crippen MR) is 179 cm³/mol. The van der Waals surface area contributed by atoms with Crippen LogP contribution in [0.3, 0.4) is 0 Å². The lowest BCUT2D eigenvalue weighted by Crippen LogP contribution is -2.27. The molecule has 0 saturated carbocycles. The minimum atomic E-state index is -0.503. The van der Waals surface area contributed by atoms with Crippen LogP contribution in [0, 0.1) is 0 Å². The van der Waals surface area contributed by atoms with Crippen LogP contribution in [0.5, 0.6) is 0 Å². The van der Waals surface area contributed by atoms with Crippen LogP contribution in [0.15, 0.2) is 58.3 Å². The topological polar surface area (TPSA) is 117 Å². The van der Waals surface area contributed by atoms with Gasteiger partial charge in [-0.05, 0) is 106 Å². The van der Waals surface area contributed by atoms with Crippen molar-refractivity contribution in [3.8, 4) is 0 Å². The van der Waals surface area contributed by atoms with Crippen LogP contribution in [0.1, 0.15) is 85.0 Å². The van der Waals surface area contributed by atoms with Gasteiger partial charge in [-0.2, -0.15) is 0 Å². The zero-order valence-corrected chi connectivity index (χ0v) is 28.1. The minimum absolute atomic E-state index is 0.105. The van der Waals surface area contributed by atoms with E-state index in [9.17, 15) is 14.4 Å². The number of nitrogen functional groups attached to an aromatic ring is 1. The van der Waals surface area contributed by atoms with Crippen LogP contribution in [-0.4, -0.2) is 49.4 Å². The maximum Gasteiger partial charge on any atom is 0.412 e. The SMILES string of the molecule is COC(=O)CCCCCCSc1ccc(N)cc1.COC(=O)CCCCCCSc1ccc(NC(=O)OC(C)(C)C)cc1. The molecule has 10 heteroatoms. The number of hydrogen-bond donors (Lipinski definition) is 2. The molecule has 2 rings (SSSR count). The Kier molecular flexibility index (Phi) is 20.1. The summed E-state index contributed by atoms with van der Waals surface area (Å²) in [6, 6.07) is 15.7. The third kappa shape index (κ3) is 21.5. The van der Waals surface area contributed by atoms with E-state index in [1.54, 1.807) is 11.8 Å². The van der Waals surface area contributed by atoms with Crippen LogP contribution >= 0.6 is 23.5 Å². The molecule has 1 amide bonds. The molecule has 43 heavy (non-hydrogen) atoms. The zero-order chi connectivity index (χ0) is 31.9. The van der Waals surface area contributed by atoms with Crippen LogP contribution in [0.2, 0.25) is 0 Å². The van der Waals surface area contributed by atoms with Crippen molar-refractivity contribution in [2.75, 3.05) is 36.8 Å². The Bertz CT molecular complexity index is 1060. The van der Waals surface area contributed by atoms with Gasteiger partial charge in [0, 0.05) is 34.0 Å². The number of carbonyl (C=O) groups is 3. The number of hydrogen-bond acceptors (Lipinski definition) is 9. The first-order valence-electron chi connectivity index (χ1n) is 14.9. The molecular formula is C33H50N2O6S2. The Labute approximate surface area is 266 Å². The highest BCUT2D eigenvalue weighted by atomic mass is 32.2. The first-order chi connectivity index (χ1) is 20.5. The van der Waals surface area contributed by atoms with E-state index >= 15 is 0 Å². The number of thioether (sulfide) groups is 2. The quantitative estimate of drug-likeness (QED) is 0.0579. The van der Waals surface area contributed by atoms with Gasteiger partial charge in [0.1, 0.15) is 5.60 Å². The Morgan fingerprint density at radius 2 is 1.09 bits per heavy atom. The number of benzene rings is 2. The van der Waals surface area contributed by atoms with Gasteiger partial charge < -0.3 is 19.9 Å². The molecule has 0 aromatic heterocycles. The maximum atomic E-state index is 11.7. The van der Waals surface area contributed by atoms with E-state index in [-0.39, 0.29) is 11.9 Å². The van der Waals surface area contributed by atoms with Crippen molar-refractivity contribution in [3.05, 3.63) is 48.5 Å². The molecule has 8 nitrogen and oxygen atoms in total. The van der Waals surface area contributed by atoms with Crippen LogP contribution in [0.25, 0.3) is 0 Å². The second-order valence-electron chi connectivity index (χ2n) is 10.9. The fourth-order valence-corrected chi connectivity index (χ4v) is 5.48. The number of nitrogens with one attached hydrogen (secondary N) is 1. The number of methoxy groups -OCH3 is 2. The standard InChI is InChI=1S/C19H29NO4S.C14H21NO2S/c1-19(2,3)24-18(22)20-15-10-12-16(13-11-15)25-14-8-6-5-7-9-17(21)23-4;1-17-14(16)6-4-2-3-5-11-18-13-9-7-12(15)8-10-13/h10-13H,5-9,14H2,1-4H3,(H,20,22);7-10H,2-6,11,15H2,1H3. The molecule has 0 aliphatic rings. The Morgan fingerprint density at radius 3 is 1.51 bits per heavy atom. The highest BCUT2D eigenvalue weighted by molar-refractivity contribution is 7.99. The molecule has 3 N–H and O–H groups in total. The molecule has 0 fully saturated rings. The predicted octanol–water partition coefficient (Wildman–Crippen LogP) is 8.73. The van der Waals surface area contributed by atoms with Crippen molar-refractivity contribution < 1.29 is 28.6 Å². The van der Waals surface area contributed by atoms with Crippen molar-refractivity contribution in [1.29, 1.82) is 0 Å². The van der Waals surface area contributed by atoms with E-state index in [2.05, 4.69) is 26.9 Å². The van der Waals surface area contributed by atoms with Crippen LogP contribution < -0.4 is 11.1 Å². The van der Waals surface area contributed by atoms with E-state index in [1.807, 2.05) is 68.9 Å². The molecule has 0 saturated heterocycles. The molecule has 240 valence electrons. The fraction of sp³-hybridized carbons (Fsp3) is 0.545. The zero-order valence-electron chi connectivity index (χ0n) is 26.4. The summed E-state index contributed by atoms with van der Waals surface area (Å²) in [5.41, 5.74) is 6.65. The summed E-state index contributed by atoms with van der Waals surface area (Å²) in [5.74, 6) is 1.92. The van der Waals surface area contributed by atoms with E-state index in [4.69, 9.17) is 10.5 Å². The summed E-state index contributed by atoms with van der Waals surface area (Å²) in [6.45, 7) is 5.51. The fourth-order valence-electron chi connectivity index (χ4n) is 3.65. The first-order valence-corrected chi connectivity index (χ1v) is 16.8. The molecule has 0 atom stereocenters. The van der Waals surface area contributed by atoms with Gasteiger partial charge in [-0.1, -0.05) is 25.7 Å². The van der Waals surface area contributed by atoms with E-state index in [0.29, 0.717) is 12.8 Å². The lowest BCUT2D eigenvalue weighted by atomic mass is 10.1. The van der Waals surface area contributed by atoms with Gasteiger partial charge in [0.05, 0.1) is 14.2 Å². The molecule has 0 aliphatic heterocycles. The molecular weight excluding hydrogens is 585 g/mol. The average Bonchev–Trinajstić information content (AvgIpc) is 2.97. The summed E-state index contributed by atoms with van der Waals surface area (Å²) < 4.78 is 14.4. The number of rotatable bonds is 17.